The first-order valence-electron chi connectivity index (χ1n) is 9.46. The lowest BCUT2D eigenvalue weighted by Crippen LogP contribution is -2.48. The van der Waals surface area contributed by atoms with E-state index in [9.17, 15) is 4.21 Å². The van der Waals surface area contributed by atoms with Gasteiger partial charge in [0.25, 0.3) is 0 Å². The molecule has 1 fully saturated rings. The second kappa shape index (κ2) is 7.72. The highest BCUT2D eigenvalue weighted by molar-refractivity contribution is 7.85. The standard InChI is InChI=1S/C22H24N4OS/c1-16-7-9-18(10-8-16)28(27)21-15-24-20-6-4-3-5-19(20)22(21)26-13-11-25(12-14-26)17(2)23/h3-10,15,23H,11-14H2,1-2H3. The van der Waals surface area contributed by atoms with Crippen LogP contribution in [0.3, 0.4) is 0 Å². The molecule has 144 valence electrons. The van der Waals surface area contributed by atoms with Crippen LogP contribution in [0.4, 0.5) is 5.69 Å². The average molecular weight is 393 g/mol. The molecular weight excluding hydrogens is 368 g/mol. The normalized spacial score (nSPS) is 15.6. The third-order valence-electron chi connectivity index (χ3n) is 5.22. The van der Waals surface area contributed by atoms with Crippen LogP contribution >= 0.6 is 0 Å². The zero-order valence-corrected chi connectivity index (χ0v) is 17.0. The van der Waals surface area contributed by atoms with Gasteiger partial charge in [-0.05, 0) is 32.0 Å². The van der Waals surface area contributed by atoms with Gasteiger partial charge >= 0.3 is 0 Å². The number of para-hydroxylation sites is 1. The predicted octanol–water partition coefficient (Wildman–Crippen LogP) is 3.83. The van der Waals surface area contributed by atoms with Crippen LogP contribution in [0.15, 0.2) is 64.5 Å². The van der Waals surface area contributed by atoms with Gasteiger partial charge in [0, 0.05) is 42.7 Å². The molecule has 6 heteroatoms. The zero-order valence-electron chi connectivity index (χ0n) is 16.2. The number of aromatic nitrogens is 1. The SMILES string of the molecule is CC(=N)N1CCN(c2c(S(=O)c3ccc(C)cc3)cnc3ccccc23)CC1. The van der Waals surface area contributed by atoms with E-state index in [1.165, 1.54) is 0 Å². The number of hydrogen-bond acceptors (Lipinski definition) is 4. The number of aryl methyl sites for hydroxylation is 1. The van der Waals surface area contributed by atoms with Gasteiger partial charge in [-0.15, -0.1) is 0 Å². The van der Waals surface area contributed by atoms with Gasteiger partial charge in [0.15, 0.2) is 0 Å². The number of pyridine rings is 1. The average Bonchev–Trinajstić information content (AvgIpc) is 2.73. The van der Waals surface area contributed by atoms with Crippen LogP contribution < -0.4 is 4.90 Å². The quantitative estimate of drug-likeness (QED) is 0.544. The second-order valence-corrected chi connectivity index (χ2v) is 8.58. The first kappa shape index (κ1) is 18.6. The summed E-state index contributed by atoms with van der Waals surface area (Å²) in [4.78, 5) is 10.5. The van der Waals surface area contributed by atoms with E-state index >= 15 is 0 Å². The van der Waals surface area contributed by atoms with E-state index in [1.54, 1.807) is 6.20 Å². The van der Waals surface area contributed by atoms with Gasteiger partial charge in [-0.25, -0.2) is 4.21 Å². The van der Waals surface area contributed by atoms with Gasteiger partial charge in [0.05, 0.1) is 32.7 Å². The minimum atomic E-state index is -1.30. The summed E-state index contributed by atoms with van der Waals surface area (Å²) in [5.74, 6) is 0.600. The predicted molar refractivity (Wildman–Crippen MR) is 115 cm³/mol. The summed E-state index contributed by atoms with van der Waals surface area (Å²) >= 11 is 0. The summed E-state index contributed by atoms with van der Waals surface area (Å²) in [5, 5.41) is 8.91. The number of benzene rings is 2. The van der Waals surface area contributed by atoms with E-state index in [0.29, 0.717) is 5.84 Å². The number of hydrogen-bond donors (Lipinski definition) is 1. The molecule has 0 radical (unpaired) electrons. The molecule has 5 nitrogen and oxygen atoms in total. The van der Waals surface area contributed by atoms with E-state index in [-0.39, 0.29) is 0 Å². The number of piperazine rings is 1. The van der Waals surface area contributed by atoms with Gasteiger partial charge in [-0.1, -0.05) is 35.9 Å². The largest absolute Gasteiger partial charge is 0.366 e. The number of nitrogens with zero attached hydrogens (tertiary/aromatic N) is 3. The Balaban J connectivity index is 1.79. The molecule has 0 aliphatic carbocycles. The Bertz CT molecular complexity index is 1040. The molecule has 2 aromatic carbocycles. The monoisotopic (exact) mass is 392 g/mol. The highest BCUT2D eigenvalue weighted by Gasteiger charge is 2.24. The number of amidine groups is 1. The van der Waals surface area contributed by atoms with Crippen LogP contribution in [-0.4, -0.2) is 46.1 Å². The van der Waals surface area contributed by atoms with Crippen LogP contribution in [0, 0.1) is 12.3 Å². The second-order valence-electron chi connectivity index (χ2n) is 7.13. The Labute approximate surface area is 168 Å². The molecule has 0 amide bonds. The molecule has 1 atom stereocenters. The van der Waals surface area contributed by atoms with E-state index in [1.807, 2.05) is 56.3 Å². The maximum atomic E-state index is 13.4. The Hall–Kier alpha value is -2.73. The first-order valence-corrected chi connectivity index (χ1v) is 10.6. The van der Waals surface area contributed by atoms with Gasteiger partial charge in [-0.2, -0.15) is 0 Å². The minimum absolute atomic E-state index is 0.600. The molecule has 1 unspecified atom stereocenters. The fourth-order valence-electron chi connectivity index (χ4n) is 3.62. The Kier molecular flexibility index (Phi) is 5.13. The van der Waals surface area contributed by atoms with Gasteiger partial charge in [0.1, 0.15) is 0 Å². The maximum absolute atomic E-state index is 13.4. The van der Waals surface area contributed by atoms with E-state index in [4.69, 9.17) is 5.41 Å². The summed E-state index contributed by atoms with van der Waals surface area (Å²) in [6.07, 6.45) is 1.77. The van der Waals surface area contributed by atoms with Crippen LogP contribution in [-0.2, 0) is 10.8 Å². The minimum Gasteiger partial charge on any atom is -0.366 e. The summed E-state index contributed by atoms with van der Waals surface area (Å²) in [6.45, 7) is 7.03. The molecule has 0 bridgehead atoms. The van der Waals surface area contributed by atoms with Crippen molar-refractivity contribution >= 4 is 33.2 Å². The van der Waals surface area contributed by atoms with Crippen LogP contribution in [0.25, 0.3) is 10.9 Å². The van der Waals surface area contributed by atoms with Crippen molar-refractivity contribution < 1.29 is 4.21 Å². The summed E-state index contributed by atoms with van der Waals surface area (Å²) < 4.78 is 13.4. The Morgan fingerprint density at radius 2 is 1.71 bits per heavy atom. The molecule has 1 saturated heterocycles. The molecule has 28 heavy (non-hydrogen) atoms. The zero-order chi connectivity index (χ0) is 19.7. The van der Waals surface area contributed by atoms with Crippen molar-refractivity contribution in [1.29, 1.82) is 5.41 Å². The summed E-state index contributed by atoms with van der Waals surface area (Å²) in [5.41, 5.74) is 3.07. The fraction of sp³-hybridized carbons (Fsp3) is 0.273. The molecule has 4 rings (SSSR count). The molecule has 1 N–H and O–H groups in total. The van der Waals surface area contributed by atoms with Crippen molar-refractivity contribution in [2.75, 3.05) is 31.1 Å². The highest BCUT2D eigenvalue weighted by atomic mass is 32.2. The smallest absolute Gasteiger partial charge is 0.0927 e. The lowest BCUT2D eigenvalue weighted by Gasteiger charge is -2.37. The fourth-order valence-corrected chi connectivity index (χ4v) is 4.82. The van der Waals surface area contributed by atoms with Crippen molar-refractivity contribution in [3.8, 4) is 0 Å². The molecule has 0 spiro atoms. The highest BCUT2D eigenvalue weighted by Crippen LogP contribution is 2.34. The van der Waals surface area contributed by atoms with Crippen molar-refractivity contribution in [3.05, 3.63) is 60.3 Å². The number of rotatable bonds is 3. The van der Waals surface area contributed by atoms with E-state index < -0.39 is 10.8 Å². The van der Waals surface area contributed by atoms with Gasteiger partial charge < -0.3 is 9.80 Å². The molecular formula is C22H24N4OS. The number of anilines is 1. The first-order chi connectivity index (χ1) is 13.5. The summed E-state index contributed by atoms with van der Waals surface area (Å²) in [6, 6.07) is 15.9. The lowest BCUT2D eigenvalue weighted by molar-refractivity contribution is 0.381. The van der Waals surface area contributed by atoms with Gasteiger partial charge in [0.2, 0.25) is 0 Å². The number of nitrogens with one attached hydrogen (secondary N) is 1. The molecule has 3 aromatic rings. The molecule has 1 aliphatic heterocycles. The van der Waals surface area contributed by atoms with Crippen LogP contribution in [0.1, 0.15) is 12.5 Å². The maximum Gasteiger partial charge on any atom is 0.0927 e. The number of fused-ring (bicyclic) bond motifs is 1. The van der Waals surface area contributed by atoms with Crippen LogP contribution in [0.2, 0.25) is 0 Å². The molecule has 2 heterocycles. The third-order valence-corrected chi connectivity index (χ3v) is 6.62. The summed E-state index contributed by atoms with van der Waals surface area (Å²) in [7, 11) is -1.30. The third kappa shape index (κ3) is 3.52. The van der Waals surface area contributed by atoms with Crippen molar-refractivity contribution in [1.82, 2.24) is 9.88 Å². The van der Waals surface area contributed by atoms with Crippen molar-refractivity contribution in [2.45, 2.75) is 23.6 Å². The Morgan fingerprint density at radius 3 is 2.39 bits per heavy atom. The molecule has 1 aliphatic rings. The molecule has 1 aromatic heterocycles. The van der Waals surface area contributed by atoms with E-state index in [2.05, 4.69) is 20.9 Å². The van der Waals surface area contributed by atoms with Crippen molar-refractivity contribution in [3.63, 3.8) is 0 Å². The molecule has 0 saturated carbocycles. The lowest BCUT2D eigenvalue weighted by atomic mass is 10.1. The van der Waals surface area contributed by atoms with Crippen LogP contribution in [0.5, 0.6) is 0 Å². The topological polar surface area (TPSA) is 60.3 Å². The van der Waals surface area contributed by atoms with Crippen molar-refractivity contribution in [2.24, 2.45) is 0 Å². The van der Waals surface area contributed by atoms with E-state index in [0.717, 1.165) is 58.1 Å². The Morgan fingerprint density at radius 1 is 1.04 bits per heavy atom. The van der Waals surface area contributed by atoms with Gasteiger partial charge in [-0.3, -0.25) is 10.4 Å².